The molecule has 0 spiro atoms. The van der Waals surface area contributed by atoms with Gasteiger partial charge in [-0.1, -0.05) is 13.3 Å². The molecule has 2 unspecified atom stereocenters. The Balaban J connectivity index is 2.08. The van der Waals surface area contributed by atoms with Crippen molar-refractivity contribution in [1.82, 2.24) is 4.72 Å². The minimum atomic E-state index is -3.38. The molecule has 1 fully saturated rings. The van der Waals surface area contributed by atoms with Gasteiger partial charge in [-0.15, -0.1) is 11.3 Å². The zero-order valence-electron chi connectivity index (χ0n) is 11.0. The molecule has 19 heavy (non-hydrogen) atoms. The van der Waals surface area contributed by atoms with Gasteiger partial charge in [0.1, 0.15) is 4.21 Å². The Hall–Kier alpha value is -0.0800. The smallest absolute Gasteiger partial charge is 0.250 e. The van der Waals surface area contributed by atoms with E-state index < -0.39 is 10.0 Å². The van der Waals surface area contributed by atoms with Crippen LogP contribution in [0.4, 0.5) is 0 Å². The van der Waals surface area contributed by atoms with Crippen LogP contribution in [0.3, 0.4) is 0 Å². The first-order chi connectivity index (χ1) is 9.06. The fraction of sp³-hybridized carbons (Fsp3) is 0.667. The van der Waals surface area contributed by atoms with Gasteiger partial charge in [0.25, 0.3) is 0 Å². The third-order valence-corrected chi connectivity index (χ3v) is 7.57. The molecular formula is C12H20N2O2S3. The van der Waals surface area contributed by atoms with Gasteiger partial charge < -0.3 is 5.73 Å². The van der Waals surface area contributed by atoms with E-state index in [0.29, 0.717) is 16.0 Å². The van der Waals surface area contributed by atoms with Crippen molar-refractivity contribution in [2.45, 2.75) is 48.2 Å². The van der Waals surface area contributed by atoms with Crippen molar-refractivity contribution in [3.8, 4) is 0 Å². The van der Waals surface area contributed by atoms with E-state index in [1.807, 2.05) is 17.1 Å². The first kappa shape index (κ1) is 15.3. The molecule has 7 heteroatoms. The van der Waals surface area contributed by atoms with Crippen molar-refractivity contribution in [2.75, 3.05) is 5.75 Å². The second kappa shape index (κ2) is 6.58. The van der Waals surface area contributed by atoms with Crippen LogP contribution in [0.5, 0.6) is 0 Å². The third kappa shape index (κ3) is 3.72. The van der Waals surface area contributed by atoms with E-state index in [-0.39, 0.29) is 6.04 Å². The number of sulfonamides is 1. The zero-order valence-corrected chi connectivity index (χ0v) is 13.4. The summed E-state index contributed by atoms with van der Waals surface area (Å²) >= 11 is 3.09. The van der Waals surface area contributed by atoms with Crippen LogP contribution in [0.1, 0.15) is 31.7 Å². The van der Waals surface area contributed by atoms with Crippen LogP contribution in [0.2, 0.25) is 0 Å². The normalized spacial score (nSPS) is 23.9. The van der Waals surface area contributed by atoms with E-state index in [2.05, 4.69) is 11.6 Å². The Bertz CT molecular complexity index is 513. The van der Waals surface area contributed by atoms with Gasteiger partial charge in [0.05, 0.1) is 0 Å². The minimum absolute atomic E-state index is 0.0679. The summed E-state index contributed by atoms with van der Waals surface area (Å²) in [6, 6.07) is 1.74. The molecule has 0 radical (unpaired) electrons. The van der Waals surface area contributed by atoms with E-state index >= 15 is 0 Å². The van der Waals surface area contributed by atoms with Gasteiger partial charge in [-0.3, -0.25) is 0 Å². The Labute approximate surface area is 123 Å². The number of hydrogen-bond acceptors (Lipinski definition) is 5. The van der Waals surface area contributed by atoms with Crippen LogP contribution in [0.15, 0.2) is 15.7 Å². The van der Waals surface area contributed by atoms with Gasteiger partial charge in [0.15, 0.2) is 0 Å². The molecular weight excluding hydrogens is 300 g/mol. The molecule has 1 aromatic rings. The van der Waals surface area contributed by atoms with Crippen LogP contribution in [0.25, 0.3) is 0 Å². The van der Waals surface area contributed by atoms with Crippen LogP contribution >= 0.6 is 23.1 Å². The average Bonchev–Trinajstić information content (AvgIpc) is 2.99. The molecule has 108 valence electrons. The van der Waals surface area contributed by atoms with Crippen LogP contribution in [0, 0.1) is 0 Å². The van der Waals surface area contributed by atoms with E-state index in [9.17, 15) is 8.42 Å². The fourth-order valence-electron chi connectivity index (χ4n) is 2.33. The van der Waals surface area contributed by atoms with Crippen molar-refractivity contribution in [2.24, 2.45) is 5.73 Å². The first-order valence-corrected chi connectivity index (χ1v) is 9.89. The lowest BCUT2D eigenvalue weighted by atomic mass is 10.3. The summed E-state index contributed by atoms with van der Waals surface area (Å²) in [4.78, 5) is 0. The number of nitrogens with one attached hydrogen (secondary N) is 1. The summed E-state index contributed by atoms with van der Waals surface area (Å²) in [7, 11) is -3.38. The number of rotatable bonds is 6. The van der Waals surface area contributed by atoms with Gasteiger partial charge in [0, 0.05) is 17.8 Å². The fourth-order valence-corrected chi connectivity index (χ4v) is 6.17. The van der Waals surface area contributed by atoms with Crippen molar-refractivity contribution in [3.05, 3.63) is 17.0 Å². The Kier molecular flexibility index (Phi) is 5.30. The molecule has 0 aliphatic heterocycles. The minimum Gasteiger partial charge on any atom is -0.326 e. The lowest BCUT2D eigenvalue weighted by Crippen LogP contribution is -2.38. The van der Waals surface area contributed by atoms with E-state index in [1.165, 1.54) is 11.3 Å². The van der Waals surface area contributed by atoms with E-state index in [0.717, 1.165) is 30.6 Å². The standard InChI is InChI=1S/C12H20N2O2S3/c1-2-17-11-5-3-4-10(11)14-19(15,16)12-6-9(7-13)8-18-12/h6,8,10-11,14H,2-5,7,13H2,1H3. The summed E-state index contributed by atoms with van der Waals surface area (Å²) in [5.41, 5.74) is 6.39. The van der Waals surface area contributed by atoms with Gasteiger partial charge in [-0.05, 0) is 35.6 Å². The topological polar surface area (TPSA) is 72.2 Å². The number of thiophene rings is 1. The largest absolute Gasteiger partial charge is 0.326 e. The highest BCUT2D eigenvalue weighted by Gasteiger charge is 2.31. The molecule has 3 N–H and O–H groups in total. The molecule has 4 nitrogen and oxygen atoms in total. The highest BCUT2D eigenvalue weighted by atomic mass is 32.2. The molecule has 1 aliphatic rings. The van der Waals surface area contributed by atoms with Crippen LogP contribution in [-0.2, 0) is 16.6 Å². The number of nitrogens with two attached hydrogens (primary N) is 1. The van der Waals surface area contributed by atoms with Gasteiger partial charge in [-0.25, -0.2) is 13.1 Å². The van der Waals surface area contributed by atoms with E-state index in [4.69, 9.17) is 5.73 Å². The number of thioether (sulfide) groups is 1. The van der Waals surface area contributed by atoms with Gasteiger partial charge in [0.2, 0.25) is 10.0 Å². The molecule has 0 aromatic carbocycles. The second-order valence-corrected chi connectivity index (χ2v) is 9.00. The molecule has 1 aromatic heterocycles. The zero-order chi connectivity index (χ0) is 13.9. The molecule has 0 bridgehead atoms. The highest BCUT2D eigenvalue weighted by Crippen LogP contribution is 2.31. The van der Waals surface area contributed by atoms with Crippen LogP contribution < -0.4 is 10.5 Å². The predicted octanol–water partition coefficient (Wildman–Crippen LogP) is 2.16. The molecule has 0 saturated heterocycles. The Morgan fingerprint density at radius 2 is 2.32 bits per heavy atom. The Morgan fingerprint density at radius 3 is 2.95 bits per heavy atom. The number of hydrogen-bond donors (Lipinski definition) is 2. The maximum Gasteiger partial charge on any atom is 0.250 e. The van der Waals surface area contributed by atoms with Gasteiger partial charge in [-0.2, -0.15) is 11.8 Å². The summed E-state index contributed by atoms with van der Waals surface area (Å²) in [5.74, 6) is 1.03. The predicted molar refractivity (Wildman–Crippen MR) is 82.1 cm³/mol. The lowest BCUT2D eigenvalue weighted by Gasteiger charge is -2.19. The molecule has 0 amide bonds. The molecule has 1 saturated carbocycles. The van der Waals surface area contributed by atoms with E-state index in [1.54, 1.807) is 6.07 Å². The maximum atomic E-state index is 12.3. The lowest BCUT2D eigenvalue weighted by molar-refractivity contribution is 0.557. The summed E-state index contributed by atoms with van der Waals surface area (Å²) in [6.07, 6.45) is 3.14. The molecule has 1 heterocycles. The van der Waals surface area contributed by atoms with Crippen molar-refractivity contribution in [3.63, 3.8) is 0 Å². The summed E-state index contributed by atoms with van der Waals surface area (Å²) < 4.78 is 27.9. The molecule has 2 rings (SSSR count). The highest BCUT2D eigenvalue weighted by molar-refractivity contribution is 8.00. The SMILES string of the molecule is CCSC1CCCC1NS(=O)(=O)c1cc(CN)cs1. The monoisotopic (exact) mass is 320 g/mol. The van der Waals surface area contributed by atoms with Crippen molar-refractivity contribution < 1.29 is 8.42 Å². The average molecular weight is 321 g/mol. The maximum absolute atomic E-state index is 12.3. The Morgan fingerprint density at radius 1 is 1.53 bits per heavy atom. The van der Waals surface area contributed by atoms with Crippen molar-refractivity contribution in [1.29, 1.82) is 0 Å². The molecule has 1 aliphatic carbocycles. The molecule has 2 atom stereocenters. The third-order valence-electron chi connectivity index (χ3n) is 3.27. The van der Waals surface area contributed by atoms with Gasteiger partial charge >= 0.3 is 0 Å². The van der Waals surface area contributed by atoms with Crippen LogP contribution in [-0.4, -0.2) is 25.5 Å². The second-order valence-electron chi connectivity index (χ2n) is 4.63. The summed E-state index contributed by atoms with van der Waals surface area (Å²) in [6.45, 7) is 2.49. The summed E-state index contributed by atoms with van der Waals surface area (Å²) in [5, 5.41) is 2.22. The van der Waals surface area contributed by atoms with Crippen molar-refractivity contribution >= 4 is 33.1 Å². The quantitative estimate of drug-likeness (QED) is 0.842. The first-order valence-electron chi connectivity index (χ1n) is 6.48.